The van der Waals surface area contributed by atoms with Crippen LogP contribution in [0.4, 0.5) is 0 Å². The predicted octanol–water partition coefficient (Wildman–Crippen LogP) is 3.97. The Morgan fingerprint density at radius 3 is 2.57 bits per heavy atom. The number of nitrogens with zero attached hydrogens (tertiary/aromatic N) is 2. The number of nitrogens with one attached hydrogen (secondary N) is 3. The Kier molecular flexibility index (Phi) is 9.46. The van der Waals surface area contributed by atoms with Crippen LogP contribution in [0.25, 0.3) is 11.3 Å². The third-order valence-corrected chi connectivity index (χ3v) is 4.38. The van der Waals surface area contributed by atoms with Crippen LogP contribution in [0.5, 0.6) is 11.5 Å². The maximum Gasteiger partial charge on any atom is 0.191 e. The Morgan fingerprint density at radius 1 is 1.07 bits per heavy atom. The molecule has 0 aliphatic rings. The zero-order valence-corrected chi connectivity index (χ0v) is 19.8. The number of H-pyrrole nitrogens is 1. The molecular weight excluding hydrogens is 493 g/mol. The van der Waals surface area contributed by atoms with Crippen LogP contribution in [-0.4, -0.2) is 36.7 Å². The molecule has 0 aliphatic carbocycles. The van der Waals surface area contributed by atoms with Gasteiger partial charge in [-0.2, -0.15) is 0 Å². The van der Waals surface area contributed by atoms with Crippen molar-refractivity contribution in [3.8, 4) is 22.8 Å². The number of ether oxygens (including phenoxy) is 2. The highest BCUT2D eigenvalue weighted by Crippen LogP contribution is 2.25. The maximum absolute atomic E-state index is 5.45. The first kappa shape index (κ1) is 23.5. The number of aromatic nitrogens is 2. The number of hydrogen-bond donors (Lipinski definition) is 3. The van der Waals surface area contributed by atoms with E-state index < -0.39 is 0 Å². The molecule has 3 N–H and O–H groups in total. The molecule has 0 radical (unpaired) electrons. The summed E-state index contributed by atoms with van der Waals surface area (Å²) in [5.41, 5.74) is 3.08. The van der Waals surface area contributed by atoms with Crippen molar-refractivity contribution in [1.82, 2.24) is 20.6 Å². The average molecular weight is 521 g/mol. The van der Waals surface area contributed by atoms with E-state index in [4.69, 9.17) is 9.47 Å². The van der Waals surface area contributed by atoms with E-state index in [9.17, 15) is 0 Å². The fourth-order valence-electron chi connectivity index (χ4n) is 2.87. The third kappa shape index (κ3) is 6.38. The van der Waals surface area contributed by atoms with Crippen LogP contribution >= 0.6 is 24.0 Å². The molecule has 30 heavy (non-hydrogen) atoms. The van der Waals surface area contributed by atoms with Crippen molar-refractivity contribution in [2.45, 2.75) is 20.0 Å². The van der Waals surface area contributed by atoms with Gasteiger partial charge < -0.3 is 25.1 Å². The molecule has 0 amide bonds. The lowest BCUT2D eigenvalue weighted by atomic mass is 10.2. The van der Waals surface area contributed by atoms with Gasteiger partial charge in [-0.1, -0.05) is 30.3 Å². The van der Waals surface area contributed by atoms with Gasteiger partial charge in [0.15, 0.2) is 5.96 Å². The van der Waals surface area contributed by atoms with Crippen molar-refractivity contribution in [3.05, 3.63) is 66.1 Å². The minimum Gasteiger partial charge on any atom is -0.497 e. The molecule has 3 rings (SSSR count). The van der Waals surface area contributed by atoms with Crippen LogP contribution in [0.15, 0.2) is 59.7 Å². The zero-order chi connectivity index (χ0) is 20.5. The molecule has 0 spiro atoms. The van der Waals surface area contributed by atoms with E-state index in [-0.39, 0.29) is 24.0 Å². The van der Waals surface area contributed by atoms with Crippen molar-refractivity contribution in [2.24, 2.45) is 4.99 Å². The Balaban J connectivity index is 0.00000320. The fraction of sp³-hybridized carbons (Fsp3) is 0.273. The van der Waals surface area contributed by atoms with E-state index in [0.717, 1.165) is 40.7 Å². The number of imidazole rings is 1. The summed E-state index contributed by atoms with van der Waals surface area (Å²) in [5.74, 6) is 3.06. The molecule has 8 heteroatoms. The van der Waals surface area contributed by atoms with Crippen molar-refractivity contribution < 1.29 is 9.47 Å². The first-order valence-electron chi connectivity index (χ1n) is 9.56. The second-order valence-corrected chi connectivity index (χ2v) is 6.34. The van der Waals surface area contributed by atoms with E-state index >= 15 is 0 Å². The largest absolute Gasteiger partial charge is 0.497 e. The summed E-state index contributed by atoms with van der Waals surface area (Å²) in [4.78, 5) is 12.5. The SMILES string of the molecule is CCNC(=NCc1ccc(OC)cc1OC)NCc1ncc(-c2ccccc2)[nH]1.I. The summed E-state index contributed by atoms with van der Waals surface area (Å²) in [5, 5.41) is 6.57. The second-order valence-electron chi connectivity index (χ2n) is 6.34. The molecule has 160 valence electrons. The lowest BCUT2D eigenvalue weighted by Gasteiger charge is -2.12. The Hall–Kier alpha value is -2.75. The summed E-state index contributed by atoms with van der Waals surface area (Å²) < 4.78 is 10.7. The average Bonchev–Trinajstić information content (AvgIpc) is 3.25. The summed E-state index contributed by atoms with van der Waals surface area (Å²) in [7, 11) is 3.28. The summed E-state index contributed by atoms with van der Waals surface area (Å²) >= 11 is 0. The van der Waals surface area contributed by atoms with Gasteiger partial charge >= 0.3 is 0 Å². The van der Waals surface area contributed by atoms with Crippen LogP contribution in [0.2, 0.25) is 0 Å². The number of aliphatic imine (C=N–C) groups is 1. The van der Waals surface area contributed by atoms with Crippen molar-refractivity contribution in [1.29, 1.82) is 0 Å². The highest BCUT2D eigenvalue weighted by atomic mass is 127. The molecule has 0 saturated carbocycles. The van der Waals surface area contributed by atoms with E-state index in [2.05, 4.69) is 37.7 Å². The summed E-state index contributed by atoms with van der Waals surface area (Å²) in [6.07, 6.45) is 1.85. The molecule has 0 saturated heterocycles. The molecule has 1 aromatic heterocycles. The molecule has 0 aliphatic heterocycles. The van der Waals surface area contributed by atoms with Gasteiger partial charge in [-0.25, -0.2) is 9.98 Å². The van der Waals surface area contributed by atoms with Crippen LogP contribution in [0.1, 0.15) is 18.3 Å². The lowest BCUT2D eigenvalue weighted by Crippen LogP contribution is -2.37. The van der Waals surface area contributed by atoms with Crippen molar-refractivity contribution in [2.75, 3.05) is 20.8 Å². The molecule has 3 aromatic rings. The number of guanidine groups is 1. The molecular formula is C22H28IN5O2. The Bertz CT molecular complexity index is 944. The van der Waals surface area contributed by atoms with Gasteiger partial charge in [-0.3, -0.25) is 0 Å². The maximum atomic E-state index is 5.45. The molecule has 7 nitrogen and oxygen atoms in total. The number of hydrogen-bond acceptors (Lipinski definition) is 4. The van der Waals surface area contributed by atoms with Gasteiger partial charge in [0, 0.05) is 18.2 Å². The van der Waals surface area contributed by atoms with Gasteiger partial charge in [-0.05, 0) is 24.6 Å². The highest BCUT2D eigenvalue weighted by molar-refractivity contribution is 14.0. The van der Waals surface area contributed by atoms with Crippen molar-refractivity contribution in [3.63, 3.8) is 0 Å². The molecule has 2 aromatic carbocycles. The van der Waals surface area contributed by atoms with Crippen LogP contribution < -0.4 is 20.1 Å². The monoisotopic (exact) mass is 521 g/mol. The standard InChI is InChI=1S/C22H27N5O2.HI/c1-4-23-22(25-13-17-10-11-18(28-2)12-20(17)29-3)26-15-21-24-14-19(27-21)16-8-6-5-7-9-16;/h5-12,14H,4,13,15H2,1-3H3,(H,24,27)(H2,23,25,26);1H. The fourth-order valence-corrected chi connectivity index (χ4v) is 2.87. The highest BCUT2D eigenvalue weighted by Gasteiger charge is 2.07. The Morgan fingerprint density at radius 2 is 1.87 bits per heavy atom. The summed E-state index contributed by atoms with van der Waals surface area (Å²) in [6, 6.07) is 15.9. The Labute approximate surface area is 194 Å². The molecule has 0 bridgehead atoms. The molecule has 1 heterocycles. The predicted molar refractivity (Wildman–Crippen MR) is 131 cm³/mol. The molecule has 0 atom stereocenters. The van der Waals surface area contributed by atoms with Crippen LogP contribution in [0, 0.1) is 0 Å². The van der Waals surface area contributed by atoms with Gasteiger partial charge in [0.1, 0.15) is 17.3 Å². The van der Waals surface area contributed by atoms with E-state index in [1.54, 1.807) is 14.2 Å². The van der Waals surface area contributed by atoms with Gasteiger partial charge in [0.05, 0.1) is 39.2 Å². The third-order valence-electron chi connectivity index (χ3n) is 4.38. The van der Waals surface area contributed by atoms with Crippen LogP contribution in [-0.2, 0) is 13.1 Å². The van der Waals surface area contributed by atoms with Crippen molar-refractivity contribution >= 4 is 29.9 Å². The van der Waals surface area contributed by atoms with Gasteiger partial charge in [0.25, 0.3) is 0 Å². The van der Waals surface area contributed by atoms with Crippen LogP contribution in [0.3, 0.4) is 0 Å². The van der Waals surface area contributed by atoms with E-state index in [1.807, 2.05) is 49.5 Å². The van der Waals surface area contributed by atoms with Gasteiger partial charge in [0.2, 0.25) is 0 Å². The number of benzene rings is 2. The van der Waals surface area contributed by atoms with E-state index in [1.165, 1.54) is 0 Å². The minimum absolute atomic E-state index is 0. The quantitative estimate of drug-likeness (QED) is 0.238. The molecule has 0 unspecified atom stereocenters. The van der Waals surface area contributed by atoms with Gasteiger partial charge in [-0.15, -0.1) is 24.0 Å². The topological polar surface area (TPSA) is 83.6 Å². The lowest BCUT2D eigenvalue weighted by molar-refractivity contribution is 0.391. The minimum atomic E-state index is 0. The normalized spacial score (nSPS) is 10.8. The number of rotatable bonds is 8. The first-order valence-corrected chi connectivity index (χ1v) is 9.56. The summed E-state index contributed by atoms with van der Waals surface area (Å²) in [6.45, 7) is 3.82. The number of aromatic amines is 1. The van der Waals surface area contributed by atoms with E-state index in [0.29, 0.717) is 19.0 Å². The first-order chi connectivity index (χ1) is 14.2. The number of halogens is 1. The second kappa shape index (κ2) is 12.1. The number of methoxy groups -OCH3 is 2. The smallest absolute Gasteiger partial charge is 0.191 e. The molecule has 0 fully saturated rings. The zero-order valence-electron chi connectivity index (χ0n) is 17.4.